The molecule has 1 amide bonds. The Balaban J connectivity index is 1.71. The van der Waals surface area contributed by atoms with Crippen molar-refractivity contribution in [3.63, 3.8) is 0 Å². The van der Waals surface area contributed by atoms with Gasteiger partial charge in [0.1, 0.15) is 17.6 Å². The third-order valence-corrected chi connectivity index (χ3v) is 6.89. The van der Waals surface area contributed by atoms with E-state index in [9.17, 15) is 13.2 Å². The summed E-state index contributed by atoms with van der Waals surface area (Å²) in [6.07, 6.45) is 0.949. The van der Waals surface area contributed by atoms with Gasteiger partial charge in [-0.2, -0.15) is 4.31 Å². The summed E-state index contributed by atoms with van der Waals surface area (Å²) in [5, 5.41) is 8.99. The highest BCUT2D eigenvalue weighted by atomic mass is 32.2. The fourth-order valence-corrected chi connectivity index (χ4v) is 5.11. The van der Waals surface area contributed by atoms with Crippen LogP contribution in [0.4, 0.5) is 0 Å². The van der Waals surface area contributed by atoms with Crippen LogP contribution >= 0.6 is 0 Å². The van der Waals surface area contributed by atoms with E-state index in [1.54, 1.807) is 38.3 Å². The Morgan fingerprint density at radius 3 is 2.31 bits per heavy atom. The molecule has 1 fully saturated rings. The van der Waals surface area contributed by atoms with Gasteiger partial charge in [0, 0.05) is 13.1 Å². The van der Waals surface area contributed by atoms with Gasteiger partial charge in [-0.25, -0.2) is 13.9 Å². The van der Waals surface area contributed by atoms with E-state index in [2.05, 4.69) is 0 Å². The molecule has 3 rings (SSSR count). The first-order valence-electron chi connectivity index (χ1n) is 9.21. The number of sulfonamides is 1. The molecule has 0 bridgehead atoms. The number of piperidine rings is 1. The molecule has 0 unspecified atom stereocenters. The van der Waals surface area contributed by atoms with Gasteiger partial charge in [-0.15, -0.1) is 0 Å². The van der Waals surface area contributed by atoms with Crippen molar-refractivity contribution in [1.82, 2.24) is 9.79 Å². The van der Waals surface area contributed by atoms with Crippen molar-refractivity contribution in [2.24, 2.45) is 0 Å². The number of aryl methyl sites for hydroxylation is 1. The Morgan fingerprint density at radius 2 is 1.72 bits per heavy atom. The van der Waals surface area contributed by atoms with E-state index < -0.39 is 15.9 Å². The minimum Gasteiger partial charge on any atom is -0.497 e. The van der Waals surface area contributed by atoms with Crippen molar-refractivity contribution in [3.8, 4) is 11.5 Å². The largest absolute Gasteiger partial charge is 0.497 e. The fraction of sp³-hybridized carbons (Fsp3) is 0.350. The lowest BCUT2D eigenvalue weighted by atomic mass is 10.1. The highest BCUT2D eigenvalue weighted by Crippen LogP contribution is 2.27. The molecule has 0 radical (unpaired) electrons. The molecule has 0 spiro atoms. The first-order valence-corrected chi connectivity index (χ1v) is 10.7. The van der Waals surface area contributed by atoms with Crippen LogP contribution in [0.2, 0.25) is 0 Å². The average Bonchev–Trinajstić information content (AvgIpc) is 2.74. The van der Waals surface area contributed by atoms with Crippen LogP contribution in [-0.4, -0.2) is 50.1 Å². The predicted molar refractivity (Wildman–Crippen MR) is 106 cm³/mol. The van der Waals surface area contributed by atoms with Crippen LogP contribution in [0.15, 0.2) is 47.4 Å². The second-order valence-corrected chi connectivity index (χ2v) is 8.69. The summed E-state index contributed by atoms with van der Waals surface area (Å²) < 4.78 is 38.7. The number of benzene rings is 2. The topological polar surface area (TPSA) is 105 Å². The van der Waals surface area contributed by atoms with Gasteiger partial charge in [0.25, 0.3) is 5.91 Å². The number of ether oxygens (including phenoxy) is 2. The van der Waals surface area contributed by atoms with E-state index in [1.165, 1.54) is 15.9 Å². The number of hydrogen-bond donors (Lipinski definition) is 2. The molecule has 1 saturated heterocycles. The van der Waals surface area contributed by atoms with Crippen molar-refractivity contribution in [2.75, 3.05) is 20.2 Å². The van der Waals surface area contributed by atoms with E-state index in [1.807, 2.05) is 12.1 Å². The van der Waals surface area contributed by atoms with Gasteiger partial charge in [0.2, 0.25) is 10.0 Å². The second kappa shape index (κ2) is 8.81. The Hall–Kier alpha value is -2.62. The van der Waals surface area contributed by atoms with Crippen LogP contribution in [0.25, 0.3) is 0 Å². The van der Waals surface area contributed by atoms with Crippen LogP contribution in [0.3, 0.4) is 0 Å². The number of rotatable bonds is 6. The van der Waals surface area contributed by atoms with Gasteiger partial charge in [-0.3, -0.25) is 10.0 Å². The maximum Gasteiger partial charge on any atom is 0.276 e. The third kappa shape index (κ3) is 4.52. The van der Waals surface area contributed by atoms with Gasteiger partial charge < -0.3 is 9.47 Å². The van der Waals surface area contributed by atoms with Crippen LogP contribution in [0.5, 0.6) is 11.5 Å². The number of hydroxylamine groups is 1. The van der Waals surface area contributed by atoms with E-state index in [0.717, 1.165) is 5.75 Å². The van der Waals surface area contributed by atoms with Crippen LogP contribution in [0.1, 0.15) is 28.8 Å². The summed E-state index contributed by atoms with van der Waals surface area (Å²) in [5.74, 6) is 0.589. The Morgan fingerprint density at radius 1 is 1.10 bits per heavy atom. The van der Waals surface area contributed by atoms with Gasteiger partial charge in [0.05, 0.1) is 17.6 Å². The molecular formula is C20H24N2O6S. The average molecular weight is 420 g/mol. The molecule has 1 aliphatic rings. The minimum absolute atomic E-state index is 0.0494. The normalized spacial score (nSPS) is 15.7. The number of carbonyl (C=O) groups excluding carboxylic acids is 1. The molecule has 156 valence electrons. The SMILES string of the molecule is COc1ccc(OC2CCN(S(=O)(=O)c3cccc(C)c3C(=O)NO)CC2)cc1. The Kier molecular flexibility index (Phi) is 6.41. The molecule has 29 heavy (non-hydrogen) atoms. The zero-order chi connectivity index (χ0) is 21.0. The van der Waals surface area contributed by atoms with Gasteiger partial charge in [-0.05, 0) is 55.7 Å². The zero-order valence-corrected chi connectivity index (χ0v) is 17.1. The lowest BCUT2D eigenvalue weighted by molar-refractivity contribution is 0.0701. The summed E-state index contributed by atoms with van der Waals surface area (Å²) in [5.41, 5.74) is 1.95. The Labute approximate surface area is 170 Å². The summed E-state index contributed by atoms with van der Waals surface area (Å²) >= 11 is 0. The second-order valence-electron chi connectivity index (χ2n) is 6.79. The summed E-state index contributed by atoms with van der Waals surface area (Å²) in [7, 11) is -2.29. The first-order chi connectivity index (χ1) is 13.9. The molecule has 0 aromatic heterocycles. The summed E-state index contributed by atoms with van der Waals surface area (Å²) in [6, 6.07) is 11.8. The Bertz CT molecular complexity index is 967. The highest BCUT2D eigenvalue weighted by Gasteiger charge is 2.33. The standard InChI is InChI=1S/C20H24N2O6S/c1-14-4-3-5-18(19(14)20(23)21-24)29(25,26)22-12-10-17(11-13-22)28-16-8-6-15(27-2)7-9-16/h3-9,17,24H,10-13H2,1-2H3,(H,21,23). The monoisotopic (exact) mass is 420 g/mol. The van der Waals surface area contributed by atoms with Crippen LogP contribution in [0, 0.1) is 6.92 Å². The molecule has 2 aromatic rings. The predicted octanol–water partition coefficient (Wildman–Crippen LogP) is 2.35. The lowest BCUT2D eigenvalue weighted by Crippen LogP contribution is -2.42. The smallest absolute Gasteiger partial charge is 0.276 e. The maximum absolute atomic E-state index is 13.1. The summed E-state index contributed by atoms with van der Waals surface area (Å²) in [4.78, 5) is 11.9. The number of nitrogens with one attached hydrogen (secondary N) is 1. The van der Waals surface area contributed by atoms with Crippen molar-refractivity contribution in [1.29, 1.82) is 0 Å². The molecule has 0 saturated carbocycles. The first kappa shape index (κ1) is 21.1. The van der Waals surface area contributed by atoms with E-state index in [-0.39, 0.29) is 29.7 Å². The van der Waals surface area contributed by atoms with E-state index in [4.69, 9.17) is 14.7 Å². The fourth-order valence-electron chi connectivity index (χ4n) is 3.38. The van der Waals surface area contributed by atoms with Crippen LogP contribution < -0.4 is 15.0 Å². The molecule has 2 aromatic carbocycles. The quantitative estimate of drug-likeness (QED) is 0.549. The number of carbonyl (C=O) groups is 1. The van der Waals surface area contributed by atoms with Gasteiger partial charge in [-0.1, -0.05) is 12.1 Å². The van der Waals surface area contributed by atoms with E-state index >= 15 is 0 Å². The molecule has 9 heteroatoms. The maximum atomic E-state index is 13.1. The van der Waals surface area contributed by atoms with Crippen molar-refractivity contribution < 1.29 is 27.9 Å². The van der Waals surface area contributed by atoms with Gasteiger partial charge >= 0.3 is 0 Å². The molecule has 2 N–H and O–H groups in total. The van der Waals surface area contributed by atoms with Crippen molar-refractivity contribution in [2.45, 2.75) is 30.8 Å². The van der Waals surface area contributed by atoms with Crippen molar-refractivity contribution in [3.05, 3.63) is 53.6 Å². The number of methoxy groups -OCH3 is 1. The zero-order valence-electron chi connectivity index (χ0n) is 16.3. The highest BCUT2D eigenvalue weighted by molar-refractivity contribution is 7.89. The lowest BCUT2D eigenvalue weighted by Gasteiger charge is -2.32. The number of amides is 1. The number of nitrogens with zero attached hydrogens (tertiary/aromatic N) is 1. The van der Waals surface area contributed by atoms with E-state index in [0.29, 0.717) is 24.2 Å². The van der Waals surface area contributed by atoms with Gasteiger partial charge in [0.15, 0.2) is 0 Å². The molecule has 0 aliphatic carbocycles. The van der Waals surface area contributed by atoms with Crippen molar-refractivity contribution >= 4 is 15.9 Å². The summed E-state index contributed by atoms with van der Waals surface area (Å²) in [6.45, 7) is 2.17. The minimum atomic E-state index is -3.89. The molecular weight excluding hydrogens is 396 g/mol. The number of hydrogen-bond acceptors (Lipinski definition) is 6. The molecule has 8 nitrogen and oxygen atoms in total. The molecule has 1 heterocycles. The van der Waals surface area contributed by atoms with Crippen LogP contribution in [-0.2, 0) is 10.0 Å². The molecule has 1 aliphatic heterocycles. The molecule has 0 atom stereocenters. The third-order valence-electron chi connectivity index (χ3n) is 4.94.